The van der Waals surface area contributed by atoms with Crippen LogP contribution in [0.1, 0.15) is 57.6 Å². The van der Waals surface area contributed by atoms with Crippen molar-refractivity contribution in [2.75, 3.05) is 33.9 Å². The number of hydrogen-bond acceptors (Lipinski definition) is 9. The van der Waals surface area contributed by atoms with Gasteiger partial charge >= 0.3 is 11.9 Å². The lowest BCUT2D eigenvalue weighted by Gasteiger charge is -2.44. The number of esters is 2. The van der Waals surface area contributed by atoms with Crippen LogP contribution >= 0.6 is 23.2 Å². The quantitative estimate of drug-likeness (QED) is 0.144. The summed E-state index contributed by atoms with van der Waals surface area (Å²) >= 11 is 12.9. The van der Waals surface area contributed by atoms with Crippen molar-refractivity contribution < 1.29 is 32.9 Å². The number of carbonyl (C=O) groups is 2. The fraction of sp³-hybridized carbons (Fsp3) is 0.342. The van der Waals surface area contributed by atoms with E-state index in [9.17, 15) is 14.0 Å². The molecule has 262 valence electrons. The minimum atomic E-state index is -0.875. The van der Waals surface area contributed by atoms with Gasteiger partial charge in [0.1, 0.15) is 24.1 Å². The van der Waals surface area contributed by atoms with Gasteiger partial charge in [-0.15, -0.1) is 0 Å². The molecule has 3 fully saturated rings. The maximum absolute atomic E-state index is 14.2. The number of aromatic nitrogens is 1. The van der Waals surface area contributed by atoms with Gasteiger partial charge in [-0.2, -0.15) is 0 Å². The Hall–Kier alpha value is -4.22. The second-order valence-electron chi connectivity index (χ2n) is 12.5. The number of rotatable bonds is 13. The molecule has 9 nitrogen and oxygen atoms in total. The van der Waals surface area contributed by atoms with Gasteiger partial charge in [-0.05, 0) is 90.5 Å². The smallest absolute Gasteiger partial charge is 0.338 e. The average Bonchev–Trinajstić information content (AvgIpc) is 3.13. The number of pyridine rings is 1. The number of halogens is 3. The molecule has 7 rings (SSSR count). The number of benzene rings is 3. The van der Waals surface area contributed by atoms with E-state index in [1.807, 2.05) is 0 Å². The Morgan fingerprint density at radius 2 is 1.66 bits per heavy atom. The van der Waals surface area contributed by atoms with Gasteiger partial charge in [-0.3, -0.25) is 15.2 Å². The lowest BCUT2D eigenvalue weighted by Crippen LogP contribution is -2.52. The zero-order chi connectivity index (χ0) is 35.2. The lowest BCUT2D eigenvalue weighted by molar-refractivity contribution is -0.161. The fourth-order valence-corrected chi connectivity index (χ4v) is 7.08. The predicted octanol–water partition coefficient (Wildman–Crippen LogP) is 7.15. The van der Waals surface area contributed by atoms with Crippen LogP contribution in [-0.4, -0.2) is 61.8 Å². The monoisotopic (exact) mass is 721 g/mol. The maximum atomic E-state index is 14.2. The third-order valence-corrected chi connectivity index (χ3v) is 10.0. The number of methoxy groups -OCH3 is 2. The Morgan fingerprint density at radius 1 is 0.940 bits per heavy atom. The maximum Gasteiger partial charge on any atom is 0.338 e. The van der Waals surface area contributed by atoms with Crippen LogP contribution in [0.5, 0.6) is 11.5 Å². The van der Waals surface area contributed by atoms with Crippen LogP contribution in [0, 0.1) is 11.7 Å². The van der Waals surface area contributed by atoms with Crippen molar-refractivity contribution in [1.82, 2.24) is 15.2 Å². The highest BCUT2D eigenvalue weighted by atomic mass is 35.5. The van der Waals surface area contributed by atoms with Crippen molar-refractivity contribution >= 4 is 35.1 Å². The second kappa shape index (κ2) is 16.2. The molecule has 50 heavy (non-hydrogen) atoms. The average molecular weight is 723 g/mol. The lowest BCUT2D eigenvalue weighted by atomic mass is 9.86. The van der Waals surface area contributed by atoms with Crippen molar-refractivity contribution in [2.24, 2.45) is 5.92 Å². The molecule has 3 aliphatic rings. The highest BCUT2D eigenvalue weighted by molar-refractivity contribution is 6.35. The van der Waals surface area contributed by atoms with Crippen LogP contribution in [0.25, 0.3) is 0 Å². The molecule has 0 saturated carbocycles. The normalized spacial score (nSPS) is 19.3. The Morgan fingerprint density at radius 3 is 2.30 bits per heavy atom. The molecule has 4 aromatic rings. The minimum absolute atomic E-state index is 0.179. The molecule has 12 heteroatoms. The van der Waals surface area contributed by atoms with Gasteiger partial charge in [-0.25, -0.2) is 14.0 Å². The summed E-state index contributed by atoms with van der Waals surface area (Å²) in [6.45, 7) is 3.04. The molecular weight excluding hydrogens is 684 g/mol. The van der Waals surface area contributed by atoms with E-state index in [0.717, 1.165) is 38.0 Å². The molecule has 3 aromatic carbocycles. The first-order chi connectivity index (χ1) is 24.2. The molecule has 0 amide bonds. The molecular formula is C38H38Cl2FN3O6. The van der Waals surface area contributed by atoms with Gasteiger partial charge < -0.3 is 18.9 Å². The Labute approximate surface area is 300 Å². The molecule has 3 aliphatic heterocycles. The van der Waals surface area contributed by atoms with E-state index in [4.69, 9.17) is 42.1 Å². The number of hydrogen-bond donors (Lipinski definition) is 1. The van der Waals surface area contributed by atoms with E-state index < -0.39 is 29.9 Å². The summed E-state index contributed by atoms with van der Waals surface area (Å²) < 4.78 is 37.2. The van der Waals surface area contributed by atoms with E-state index >= 15 is 0 Å². The molecule has 1 unspecified atom stereocenters. The predicted molar refractivity (Wildman–Crippen MR) is 187 cm³/mol. The van der Waals surface area contributed by atoms with Gasteiger partial charge in [0.25, 0.3) is 0 Å². The number of nitrogens with one attached hydrogen (secondary N) is 1. The molecule has 4 heterocycles. The van der Waals surface area contributed by atoms with Gasteiger partial charge in [0, 0.05) is 31.9 Å². The number of fused-ring (bicyclic) bond motifs is 3. The summed E-state index contributed by atoms with van der Waals surface area (Å²) in [7, 11) is 3.06. The zero-order valence-electron chi connectivity index (χ0n) is 27.7. The van der Waals surface area contributed by atoms with E-state index in [1.54, 1.807) is 54.6 Å². The fourth-order valence-electron chi connectivity index (χ4n) is 6.56. The van der Waals surface area contributed by atoms with E-state index in [2.05, 4.69) is 15.2 Å². The molecule has 2 bridgehead atoms. The summed E-state index contributed by atoms with van der Waals surface area (Å²) in [5.41, 5.74) is 2.82. The third-order valence-electron chi connectivity index (χ3n) is 9.35. The first-order valence-electron chi connectivity index (χ1n) is 16.4. The summed E-state index contributed by atoms with van der Waals surface area (Å²) in [4.78, 5) is 33.4. The summed E-state index contributed by atoms with van der Waals surface area (Å²) in [5, 5.41) is 3.94. The standard InChI is InChI=1S/C38H38Cl2FN3O6/c1-47-32-11-10-26(17-34(32)48-2)33(18-29-30(39)20-42-21-31(29)40)49-37(45)25-8-6-23(7-9-25)19-43-36(27-4-3-5-28(41)16-27)38(46)50-35-22-44-14-12-24(35)13-15-44/h3-11,16-17,20-21,24,33,35-36,43H,12-15,18-19,22H2,1-2H3/t33-,35-,36?/m0/s1. The highest BCUT2D eigenvalue weighted by Crippen LogP contribution is 2.36. The van der Waals surface area contributed by atoms with Crippen LogP contribution in [0.4, 0.5) is 4.39 Å². The molecule has 1 aromatic heterocycles. The highest BCUT2D eigenvalue weighted by Gasteiger charge is 2.38. The summed E-state index contributed by atoms with van der Waals surface area (Å²) in [5.74, 6) is -0.104. The largest absolute Gasteiger partial charge is 0.493 e. The number of nitrogens with zero attached hydrogens (tertiary/aromatic N) is 2. The topological polar surface area (TPSA) is 99.2 Å². The van der Waals surface area contributed by atoms with Crippen LogP contribution < -0.4 is 14.8 Å². The zero-order valence-corrected chi connectivity index (χ0v) is 29.3. The summed E-state index contributed by atoms with van der Waals surface area (Å²) in [6.07, 6.45) is 4.20. The van der Waals surface area contributed by atoms with Crippen molar-refractivity contribution in [3.8, 4) is 11.5 Å². The molecule has 1 N–H and O–H groups in total. The van der Waals surface area contributed by atoms with E-state index in [0.29, 0.717) is 49.7 Å². The number of piperidine rings is 3. The molecule has 3 saturated heterocycles. The van der Waals surface area contributed by atoms with Gasteiger partial charge in [-0.1, -0.05) is 53.5 Å². The van der Waals surface area contributed by atoms with Crippen LogP contribution in [0.2, 0.25) is 10.0 Å². The molecule has 3 atom stereocenters. The van der Waals surface area contributed by atoms with E-state index in [-0.39, 0.29) is 19.1 Å². The van der Waals surface area contributed by atoms with Crippen molar-refractivity contribution in [2.45, 2.75) is 44.1 Å². The Balaban J connectivity index is 1.16. The Kier molecular flexibility index (Phi) is 11.5. The van der Waals surface area contributed by atoms with Gasteiger partial charge in [0.05, 0.1) is 29.8 Å². The van der Waals surface area contributed by atoms with Crippen molar-refractivity contribution in [3.05, 3.63) is 123 Å². The van der Waals surface area contributed by atoms with Gasteiger partial charge in [0.2, 0.25) is 0 Å². The van der Waals surface area contributed by atoms with E-state index in [1.165, 1.54) is 38.7 Å². The van der Waals surface area contributed by atoms with Crippen molar-refractivity contribution in [1.29, 1.82) is 0 Å². The third kappa shape index (κ3) is 8.38. The number of ether oxygens (including phenoxy) is 4. The van der Waals surface area contributed by atoms with Crippen LogP contribution in [-0.2, 0) is 27.2 Å². The SMILES string of the molecule is COc1ccc([C@H](Cc2c(Cl)cncc2Cl)OC(=O)c2ccc(CNC(C(=O)O[C@H]3CN4CCC3CC4)c3cccc(F)c3)cc2)cc1OC. The summed E-state index contributed by atoms with van der Waals surface area (Å²) in [6, 6.07) is 17.2. The first-order valence-corrected chi connectivity index (χ1v) is 17.2. The van der Waals surface area contributed by atoms with Gasteiger partial charge in [0.15, 0.2) is 11.5 Å². The van der Waals surface area contributed by atoms with Crippen LogP contribution in [0.15, 0.2) is 79.1 Å². The van der Waals surface area contributed by atoms with Crippen LogP contribution in [0.3, 0.4) is 0 Å². The number of carbonyl (C=O) groups excluding carboxylic acids is 2. The second-order valence-corrected chi connectivity index (χ2v) is 13.3. The molecule has 0 aliphatic carbocycles. The molecule has 0 spiro atoms. The first kappa shape index (κ1) is 35.6. The Bertz CT molecular complexity index is 1800. The van der Waals surface area contributed by atoms with Crippen molar-refractivity contribution in [3.63, 3.8) is 0 Å². The molecule has 0 radical (unpaired) electrons. The minimum Gasteiger partial charge on any atom is -0.493 e.